The van der Waals surface area contributed by atoms with Gasteiger partial charge in [-0.1, -0.05) is 0 Å². The Kier molecular flexibility index (Phi) is 4.25. The molecule has 0 unspecified atom stereocenters. The van der Waals surface area contributed by atoms with Crippen LogP contribution in [0.3, 0.4) is 0 Å². The van der Waals surface area contributed by atoms with E-state index in [9.17, 15) is 14.4 Å². The van der Waals surface area contributed by atoms with Crippen molar-refractivity contribution >= 4 is 11.9 Å². The number of aromatic amines is 1. The molecule has 1 atom stereocenters. The second kappa shape index (κ2) is 5.48. The van der Waals surface area contributed by atoms with Gasteiger partial charge in [0.1, 0.15) is 11.6 Å². The van der Waals surface area contributed by atoms with Gasteiger partial charge in [0.2, 0.25) is 0 Å². The van der Waals surface area contributed by atoms with Crippen molar-refractivity contribution in [1.82, 2.24) is 10.3 Å². The van der Waals surface area contributed by atoms with Crippen molar-refractivity contribution < 1.29 is 14.3 Å². The van der Waals surface area contributed by atoms with Crippen LogP contribution < -0.4 is 10.9 Å². The van der Waals surface area contributed by atoms with Crippen LogP contribution in [0.25, 0.3) is 0 Å². The second-order valence-electron chi connectivity index (χ2n) is 4.06. The van der Waals surface area contributed by atoms with Gasteiger partial charge in [-0.05, 0) is 32.4 Å². The summed E-state index contributed by atoms with van der Waals surface area (Å²) in [5.74, 6) is -1.16. The van der Waals surface area contributed by atoms with E-state index in [0.29, 0.717) is 11.3 Å². The zero-order chi connectivity index (χ0) is 13.9. The van der Waals surface area contributed by atoms with Gasteiger partial charge < -0.3 is 15.0 Å². The van der Waals surface area contributed by atoms with E-state index in [-0.39, 0.29) is 5.56 Å². The lowest BCUT2D eigenvalue weighted by molar-refractivity contribution is -0.142. The summed E-state index contributed by atoms with van der Waals surface area (Å²) in [5, 5.41) is 2.41. The van der Waals surface area contributed by atoms with E-state index >= 15 is 0 Å². The highest BCUT2D eigenvalue weighted by Gasteiger charge is 2.20. The fourth-order valence-electron chi connectivity index (χ4n) is 1.64. The van der Waals surface area contributed by atoms with Gasteiger partial charge in [-0.15, -0.1) is 0 Å². The molecule has 0 aliphatic rings. The Hall–Kier alpha value is -2.11. The molecule has 0 spiro atoms. The standard InChI is InChI=1S/C12H16N2O4/c1-6-5-7(2)13-10(15)9(6)11(16)14-8(3)12(17)18-4/h5,8H,1-4H3,(H,13,15)(H,14,16)/t8-/m0/s1. The van der Waals surface area contributed by atoms with Crippen LogP contribution in [-0.2, 0) is 9.53 Å². The quantitative estimate of drug-likeness (QED) is 0.756. The molecule has 18 heavy (non-hydrogen) atoms. The van der Waals surface area contributed by atoms with E-state index in [4.69, 9.17) is 0 Å². The number of aryl methyl sites for hydroxylation is 2. The number of hydrogen-bond acceptors (Lipinski definition) is 4. The van der Waals surface area contributed by atoms with Crippen LogP contribution in [0.5, 0.6) is 0 Å². The molecule has 2 N–H and O–H groups in total. The summed E-state index contributed by atoms with van der Waals surface area (Å²) in [6.45, 7) is 4.88. The SMILES string of the molecule is COC(=O)[C@H](C)NC(=O)c1c(C)cc(C)[nH]c1=O. The summed E-state index contributed by atoms with van der Waals surface area (Å²) in [4.78, 5) is 37.3. The van der Waals surface area contributed by atoms with Crippen molar-refractivity contribution in [2.75, 3.05) is 7.11 Å². The molecule has 1 aromatic rings. The number of esters is 1. The van der Waals surface area contributed by atoms with Gasteiger partial charge in [0.15, 0.2) is 0 Å². The minimum absolute atomic E-state index is 0.0105. The summed E-state index contributed by atoms with van der Waals surface area (Å²) in [5.41, 5.74) is 0.777. The lowest BCUT2D eigenvalue weighted by atomic mass is 10.1. The summed E-state index contributed by atoms with van der Waals surface area (Å²) in [6.07, 6.45) is 0. The molecule has 98 valence electrons. The average molecular weight is 252 g/mol. The molecule has 6 heteroatoms. The molecule has 0 aliphatic carbocycles. The van der Waals surface area contributed by atoms with Crippen molar-refractivity contribution in [1.29, 1.82) is 0 Å². The summed E-state index contributed by atoms with van der Waals surface area (Å²) >= 11 is 0. The van der Waals surface area contributed by atoms with E-state index in [1.54, 1.807) is 19.9 Å². The molecule has 0 bridgehead atoms. The number of rotatable bonds is 3. The Morgan fingerprint density at radius 2 is 2.00 bits per heavy atom. The maximum absolute atomic E-state index is 11.9. The Morgan fingerprint density at radius 3 is 2.50 bits per heavy atom. The third-order valence-corrected chi connectivity index (χ3v) is 2.49. The van der Waals surface area contributed by atoms with Crippen LogP contribution in [0, 0.1) is 13.8 Å². The van der Waals surface area contributed by atoms with Crippen molar-refractivity contribution in [2.45, 2.75) is 26.8 Å². The van der Waals surface area contributed by atoms with Crippen LogP contribution in [0.4, 0.5) is 0 Å². The van der Waals surface area contributed by atoms with Gasteiger partial charge in [0.25, 0.3) is 11.5 Å². The summed E-state index contributed by atoms with van der Waals surface area (Å²) < 4.78 is 4.49. The predicted molar refractivity (Wildman–Crippen MR) is 65.5 cm³/mol. The number of methoxy groups -OCH3 is 1. The molecule has 0 aromatic carbocycles. The van der Waals surface area contributed by atoms with Crippen molar-refractivity contribution in [2.24, 2.45) is 0 Å². The number of ether oxygens (including phenoxy) is 1. The van der Waals surface area contributed by atoms with Crippen LogP contribution in [-0.4, -0.2) is 30.0 Å². The van der Waals surface area contributed by atoms with E-state index < -0.39 is 23.5 Å². The number of nitrogens with one attached hydrogen (secondary N) is 2. The van der Waals surface area contributed by atoms with Gasteiger partial charge in [-0.25, -0.2) is 4.79 Å². The number of amides is 1. The summed E-state index contributed by atoms with van der Waals surface area (Å²) in [6, 6.07) is 0.890. The molecule has 1 heterocycles. The first-order chi connectivity index (χ1) is 8.36. The Bertz CT molecular complexity index is 533. The van der Waals surface area contributed by atoms with Crippen LogP contribution in [0.15, 0.2) is 10.9 Å². The Labute approximate surface area is 104 Å². The number of carbonyl (C=O) groups excluding carboxylic acids is 2. The topological polar surface area (TPSA) is 88.3 Å². The van der Waals surface area contributed by atoms with Gasteiger partial charge in [-0.2, -0.15) is 0 Å². The summed E-state index contributed by atoms with van der Waals surface area (Å²) in [7, 11) is 1.23. The first-order valence-electron chi connectivity index (χ1n) is 5.46. The van der Waals surface area contributed by atoms with Gasteiger partial charge in [-0.3, -0.25) is 9.59 Å². The first-order valence-corrected chi connectivity index (χ1v) is 5.46. The monoisotopic (exact) mass is 252 g/mol. The average Bonchev–Trinajstić information content (AvgIpc) is 2.26. The largest absolute Gasteiger partial charge is 0.467 e. The fraction of sp³-hybridized carbons (Fsp3) is 0.417. The van der Waals surface area contributed by atoms with E-state index in [2.05, 4.69) is 15.0 Å². The maximum Gasteiger partial charge on any atom is 0.328 e. The molecule has 0 fully saturated rings. The minimum atomic E-state index is -0.803. The highest BCUT2D eigenvalue weighted by atomic mass is 16.5. The van der Waals surface area contributed by atoms with Crippen molar-refractivity contribution in [3.8, 4) is 0 Å². The van der Waals surface area contributed by atoms with Crippen molar-refractivity contribution in [3.05, 3.63) is 33.2 Å². The Balaban J connectivity index is 2.99. The minimum Gasteiger partial charge on any atom is -0.467 e. The number of hydrogen-bond donors (Lipinski definition) is 2. The second-order valence-corrected chi connectivity index (χ2v) is 4.06. The van der Waals surface area contributed by atoms with Crippen LogP contribution in [0.2, 0.25) is 0 Å². The van der Waals surface area contributed by atoms with Gasteiger partial charge >= 0.3 is 5.97 Å². The van der Waals surface area contributed by atoms with Gasteiger partial charge in [0, 0.05) is 5.69 Å². The molecule has 0 aliphatic heterocycles. The molecule has 0 radical (unpaired) electrons. The lowest BCUT2D eigenvalue weighted by Crippen LogP contribution is -2.41. The zero-order valence-corrected chi connectivity index (χ0v) is 10.8. The predicted octanol–water partition coefficient (Wildman–Crippen LogP) is 0.283. The molecule has 1 aromatic heterocycles. The first kappa shape index (κ1) is 14.0. The normalized spacial score (nSPS) is 11.8. The third kappa shape index (κ3) is 2.97. The number of aromatic nitrogens is 1. The van der Waals surface area contributed by atoms with E-state index in [0.717, 1.165) is 0 Å². The number of H-pyrrole nitrogens is 1. The molecule has 6 nitrogen and oxygen atoms in total. The lowest BCUT2D eigenvalue weighted by Gasteiger charge is -2.12. The third-order valence-electron chi connectivity index (χ3n) is 2.49. The smallest absolute Gasteiger partial charge is 0.328 e. The molecular formula is C12H16N2O4. The van der Waals surface area contributed by atoms with Gasteiger partial charge in [0.05, 0.1) is 7.11 Å². The highest BCUT2D eigenvalue weighted by molar-refractivity contribution is 5.97. The number of pyridine rings is 1. The van der Waals surface area contributed by atoms with Crippen LogP contribution >= 0.6 is 0 Å². The van der Waals surface area contributed by atoms with Crippen molar-refractivity contribution in [3.63, 3.8) is 0 Å². The molecule has 0 saturated heterocycles. The van der Waals surface area contributed by atoms with E-state index in [1.165, 1.54) is 14.0 Å². The zero-order valence-electron chi connectivity index (χ0n) is 10.8. The fourth-order valence-corrected chi connectivity index (χ4v) is 1.64. The highest BCUT2D eigenvalue weighted by Crippen LogP contribution is 2.03. The van der Waals surface area contributed by atoms with Crippen LogP contribution in [0.1, 0.15) is 28.5 Å². The molecule has 0 saturated carbocycles. The number of carbonyl (C=O) groups is 2. The molecule has 1 rings (SSSR count). The molecule has 1 amide bonds. The maximum atomic E-state index is 11.9. The molecular weight excluding hydrogens is 236 g/mol. The van der Waals surface area contributed by atoms with E-state index in [1.807, 2.05) is 0 Å². The Morgan fingerprint density at radius 1 is 1.39 bits per heavy atom.